The minimum atomic E-state index is -0.866. The molecular weight excluding hydrogens is 218 g/mol. The van der Waals surface area contributed by atoms with Crippen LogP contribution in [0.15, 0.2) is 0 Å². The highest BCUT2D eigenvalue weighted by Crippen LogP contribution is 2.22. The smallest absolute Gasteiger partial charge is 0.305 e. The van der Waals surface area contributed by atoms with Crippen LogP contribution in [0.5, 0.6) is 0 Å². The normalized spacial score (nSPS) is 12.9. The molecule has 0 aromatic heterocycles. The molecule has 0 radical (unpaired) electrons. The lowest BCUT2D eigenvalue weighted by Crippen LogP contribution is -2.37. The Bertz CT molecular complexity index is 261. The Morgan fingerprint density at radius 3 is 2.06 bits per heavy atom. The van der Waals surface area contributed by atoms with Gasteiger partial charge in [0.2, 0.25) is 5.91 Å². The summed E-state index contributed by atoms with van der Waals surface area (Å²) in [6.45, 7) is 8.56. The van der Waals surface area contributed by atoms with Crippen LogP contribution in [-0.4, -0.2) is 35.5 Å². The summed E-state index contributed by atoms with van der Waals surface area (Å²) in [6, 6.07) is 0. The van der Waals surface area contributed by atoms with Gasteiger partial charge in [0.05, 0.1) is 6.42 Å². The summed E-state index contributed by atoms with van der Waals surface area (Å²) in [5.74, 6) is -0.0465. The number of amides is 1. The van der Waals surface area contributed by atoms with Gasteiger partial charge in [-0.2, -0.15) is 0 Å². The van der Waals surface area contributed by atoms with Crippen molar-refractivity contribution in [2.24, 2.45) is 17.8 Å². The van der Waals surface area contributed by atoms with E-state index in [4.69, 9.17) is 5.11 Å². The second kappa shape index (κ2) is 7.30. The van der Waals surface area contributed by atoms with Crippen molar-refractivity contribution in [3.8, 4) is 0 Å². The first kappa shape index (κ1) is 15.9. The largest absolute Gasteiger partial charge is 0.481 e. The summed E-state index contributed by atoms with van der Waals surface area (Å²) >= 11 is 0. The van der Waals surface area contributed by atoms with Crippen LogP contribution in [0.3, 0.4) is 0 Å². The summed E-state index contributed by atoms with van der Waals surface area (Å²) in [7, 11) is 1.68. The highest BCUT2D eigenvalue weighted by molar-refractivity contribution is 5.79. The van der Waals surface area contributed by atoms with Crippen molar-refractivity contribution in [3.05, 3.63) is 0 Å². The standard InChI is InChI=1S/C13H25NO3/c1-9(2)8-11(10(3)4)13(17)14(5)7-6-12(15)16/h9-11H,6-8H2,1-5H3,(H,15,16). The zero-order chi connectivity index (χ0) is 13.6. The molecular formula is C13H25NO3. The molecule has 0 aliphatic heterocycles. The lowest BCUT2D eigenvalue weighted by Gasteiger charge is -2.27. The third-order valence-electron chi connectivity index (χ3n) is 2.88. The number of aliphatic carboxylic acids is 1. The van der Waals surface area contributed by atoms with Crippen LogP contribution in [-0.2, 0) is 9.59 Å². The topological polar surface area (TPSA) is 57.6 Å². The fourth-order valence-corrected chi connectivity index (χ4v) is 1.82. The highest BCUT2D eigenvalue weighted by atomic mass is 16.4. The number of carbonyl (C=O) groups is 2. The molecule has 0 bridgehead atoms. The Labute approximate surface area is 104 Å². The third kappa shape index (κ3) is 6.29. The third-order valence-corrected chi connectivity index (χ3v) is 2.88. The molecule has 4 nitrogen and oxygen atoms in total. The maximum Gasteiger partial charge on any atom is 0.305 e. The van der Waals surface area contributed by atoms with Gasteiger partial charge in [-0.25, -0.2) is 0 Å². The predicted molar refractivity (Wildman–Crippen MR) is 67.7 cm³/mol. The van der Waals surface area contributed by atoms with Crippen molar-refractivity contribution >= 4 is 11.9 Å². The fourth-order valence-electron chi connectivity index (χ4n) is 1.82. The van der Waals surface area contributed by atoms with Gasteiger partial charge in [-0.15, -0.1) is 0 Å². The molecule has 0 rings (SSSR count). The molecule has 0 spiro atoms. The molecule has 17 heavy (non-hydrogen) atoms. The second-order valence-corrected chi connectivity index (χ2v) is 5.38. The first-order chi connectivity index (χ1) is 7.75. The molecule has 0 saturated carbocycles. The summed E-state index contributed by atoms with van der Waals surface area (Å²) in [4.78, 5) is 24.2. The monoisotopic (exact) mass is 243 g/mol. The quantitative estimate of drug-likeness (QED) is 0.746. The van der Waals surface area contributed by atoms with Crippen LogP contribution < -0.4 is 0 Å². The number of carboxylic acid groups (broad SMARTS) is 1. The van der Waals surface area contributed by atoms with Gasteiger partial charge in [-0.05, 0) is 18.3 Å². The van der Waals surface area contributed by atoms with Gasteiger partial charge in [0, 0.05) is 19.5 Å². The predicted octanol–water partition coefficient (Wildman–Crippen LogP) is 2.24. The molecule has 4 heteroatoms. The molecule has 0 fully saturated rings. The summed E-state index contributed by atoms with van der Waals surface area (Å²) in [6.07, 6.45) is 0.864. The molecule has 1 N–H and O–H groups in total. The van der Waals surface area contributed by atoms with Gasteiger partial charge < -0.3 is 10.0 Å². The minimum absolute atomic E-state index is 0.00575. The van der Waals surface area contributed by atoms with Crippen molar-refractivity contribution in [1.29, 1.82) is 0 Å². The average Bonchev–Trinajstić information content (AvgIpc) is 2.20. The molecule has 1 unspecified atom stereocenters. The SMILES string of the molecule is CC(C)CC(C(=O)N(C)CCC(=O)O)C(C)C. The van der Waals surface area contributed by atoms with E-state index in [1.165, 1.54) is 0 Å². The van der Waals surface area contributed by atoms with Crippen LogP contribution in [0.25, 0.3) is 0 Å². The number of hydrogen-bond donors (Lipinski definition) is 1. The Hall–Kier alpha value is -1.06. The maximum atomic E-state index is 12.2. The van der Waals surface area contributed by atoms with Crippen LogP contribution >= 0.6 is 0 Å². The van der Waals surface area contributed by atoms with Crippen molar-refractivity contribution in [3.63, 3.8) is 0 Å². The first-order valence-corrected chi connectivity index (χ1v) is 6.22. The Kier molecular flexibility index (Phi) is 6.85. The van der Waals surface area contributed by atoms with E-state index in [1.807, 2.05) is 13.8 Å². The fraction of sp³-hybridized carbons (Fsp3) is 0.846. The molecule has 100 valence electrons. The molecule has 0 aromatic rings. The van der Waals surface area contributed by atoms with Crippen molar-refractivity contribution in [1.82, 2.24) is 4.90 Å². The number of carboxylic acids is 1. The van der Waals surface area contributed by atoms with E-state index in [-0.39, 0.29) is 30.7 Å². The van der Waals surface area contributed by atoms with Crippen LogP contribution in [0.1, 0.15) is 40.5 Å². The van der Waals surface area contributed by atoms with E-state index in [9.17, 15) is 9.59 Å². The van der Waals surface area contributed by atoms with Crippen LogP contribution in [0, 0.1) is 17.8 Å². The van der Waals surface area contributed by atoms with Gasteiger partial charge in [-0.3, -0.25) is 9.59 Å². The van der Waals surface area contributed by atoms with Gasteiger partial charge in [-0.1, -0.05) is 27.7 Å². The molecule has 0 aliphatic rings. The number of hydrogen-bond acceptors (Lipinski definition) is 2. The number of carbonyl (C=O) groups excluding carboxylic acids is 1. The average molecular weight is 243 g/mol. The molecule has 0 aromatic carbocycles. The molecule has 0 aliphatic carbocycles. The van der Waals surface area contributed by atoms with Crippen molar-refractivity contribution in [2.45, 2.75) is 40.5 Å². The van der Waals surface area contributed by atoms with Gasteiger partial charge in [0.25, 0.3) is 0 Å². The van der Waals surface area contributed by atoms with Crippen LogP contribution in [0.2, 0.25) is 0 Å². The van der Waals surface area contributed by atoms with Gasteiger partial charge >= 0.3 is 5.97 Å². The minimum Gasteiger partial charge on any atom is -0.481 e. The summed E-state index contributed by atoms with van der Waals surface area (Å²) in [5, 5.41) is 8.60. The Morgan fingerprint density at radius 1 is 1.18 bits per heavy atom. The van der Waals surface area contributed by atoms with E-state index in [0.717, 1.165) is 6.42 Å². The molecule has 1 atom stereocenters. The molecule has 0 heterocycles. The van der Waals surface area contributed by atoms with E-state index in [1.54, 1.807) is 11.9 Å². The highest BCUT2D eigenvalue weighted by Gasteiger charge is 2.25. The molecule has 0 saturated heterocycles. The van der Waals surface area contributed by atoms with E-state index >= 15 is 0 Å². The molecule has 1 amide bonds. The lowest BCUT2D eigenvalue weighted by atomic mass is 9.86. The number of rotatable bonds is 7. The van der Waals surface area contributed by atoms with Crippen LogP contribution in [0.4, 0.5) is 0 Å². The van der Waals surface area contributed by atoms with Crippen molar-refractivity contribution < 1.29 is 14.7 Å². The number of nitrogens with zero attached hydrogens (tertiary/aromatic N) is 1. The maximum absolute atomic E-state index is 12.2. The summed E-state index contributed by atoms with van der Waals surface area (Å²) < 4.78 is 0. The first-order valence-electron chi connectivity index (χ1n) is 6.22. The lowest BCUT2D eigenvalue weighted by molar-refractivity contribution is -0.139. The Balaban J connectivity index is 4.44. The zero-order valence-electron chi connectivity index (χ0n) is 11.6. The zero-order valence-corrected chi connectivity index (χ0v) is 11.6. The Morgan fingerprint density at radius 2 is 1.71 bits per heavy atom. The van der Waals surface area contributed by atoms with Gasteiger partial charge in [0.1, 0.15) is 0 Å². The van der Waals surface area contributed by atoms with E-state index in [0.29, 0.717) is 5.92 Å². The van der Waals surface area contributed by atoms with E-state index < -0.39 is 5.97 Å². The van der Waals surface area contributed by atoms with Crippen molar-refractivity contribution in [2.75, 3.05) is 13.6 Å². The second-order valence-electron chi connectivity index (χ2n) is 5.38. The van der Waals surface area contributed by atoms with E-state index in [2.05, 4.69) is 13.8 Å². The van der Waals surface area contributed by atoms with Gasteiger partial charge in [0.15, 0.2) is 0 Å². The summed E-state index contributed by atoms with van der Waals surface area (Å²) in [5.41, 5.74) is 0.